The van der Waals surface area contributed by atoms with E-state index in [0.717, 1.165) is 37.0 Å². The summed E-state index contributed by atoms with van der Waals surface area (Å²) in [6, 6.07) is 8.08. The second-order valence-corrected chi connectivity index (χ2v) is 7.75. The molecule has 2 fully saturated rings. The van der Waals surface area contributed by atoms with E-state index >= 15 is 0 Å². The molecule has 0 saturated carbocycles. The summed E-state index contributed by atoms with van der Waals surface area (Å²) in [7, 11) is 0. The quantitative estimate of drug-likeness (QED) is 0.518. The first-order chi connectivity index (χ1) is 14.1. The first-order valence-corrected chi connectivity index (χ1v) is 10.5. The molecule has 0 spiro atoms. The molecular weight excluding hydrogens is 370 g/mol. The lowest BCUT2D eigenvalue weighted by Crippen LogP contribution is -2.41. The van der Waals surface area contributed by atoms with E-state index in [-0.39, 0.29) is 23.4 Å². The van der Waals surface area contributed by atoms with Crippen molar-refractivity contribution in [3.63, 3.8) is 0 Å². The van der Waals surface area contributed by atoms with Crippen LogP contribution < -0.4 is 4.74 Å². The van der Waals surface area contributed by atoms with Crippen LogP contribution in [0.1, 0.15) is 44.6 Å². The fourth-order valence-corrected chi connectivity index (χ4v) is 4.23. The largest absolute Gasteiger partial charge is 0.490 e. The molecule has 1 aromatic rings. The van der Waals surface area contributed by atoms with Gasteiger partial charge in [-0.2, -0.15) is 0 Å². The molecule has 2 aliphatic rings. The molecule has 29 heavy (non-hydrogen) atoms. The molecule has 1 aromatic carbocycles. The molecule has 0 aromatic heterocycles. The average molecular weight is 402 g/mol. The van der Waals surface area contributed by atoms with Gasteiger partial charge in [0, 0.05) is 44.6 Å². The number of esters is 1. The Kier molecular flexibility index (Phi) is 7.31. The molecule has 0 atom stereocenters. The van der Waals surface area contributed by atoms with E-state index in [0.29, 0.717) is 39.3 Å². The smallest absolute Gasteiger partial charge is 0.306 e. The summed E-state index contributed by atoms with van der Waals surface area (Å²) in [5.74, 6) is 0.622. The van der Waals surface area contributed by atoms with E-state index in [4.69, 9.17) is 14.2 Å². The highest BCUT2D eigenvalue weighted by atomic mass is 16.5. The van der Waals surface area contributed by atoms with Gasteiger partial charge in [0.15, 0.2) is 0 Å². The van der Waals surface area contributed by atoms with E-state index in [1.807, 2.05) is 19.1 Å². The Hall–Kier alpha value is -2.34. The van der Waals surface area contributed by atoms with Gasteiger partial charge in [-0.3, -0.25) is 9.59 Å². The standard InChI is InChI=1S/C23H31NO5/c1-3-21(25)24-12-8-19(9-13-24)29-20-7-5-6-18(16-20)23(10-14-27-15-11-23)17-22(26)28-4-2/h3,5-7,16,19H,1,4,8-15,17H2,2H3. The predicted octanol–water partition coefficient (Wildman–Crippen LogP) is 3.24. The number of hydrogen-bond acceptors (Lipinski definition) is 5. The fourth-order valence-electron chi connectivity index (χ4n) is 4.23. The van der Waals surface area contributed by atoms with Crippen LogP contribution in [0, 0.1) is 0 Å². The number of benzene rings is 1. The Morgan fingerprint density at radius 2 is 2.00 bits per heavy atom. The lowest BCUT2D eigenvalue weighted by molar-refractivity contribution is -0.145. The van der Waals surface area contributed by atoms with Gasteiger partial charge in [0.25, 0.3) is 0 Å². The summed E-state index contributed by atoms with van der Waals surface area (Å²) >= 11 is 0. The van der Waals surface area contributed by atoms with E-state index in [9.17, 15) is 9.59 Å². The SMILES string of the molecule is C=CC(=O)N1CCC(Oc2cccc(C3(CC(=O)OCC)CCOCC3)c2)CC1. The van der Waals surface area contributed by atoms with Crippen molar-refractivity contribution in [2.45, 2.75) is 50.5 Å². The van der Waals surface area contributed by atoms with Gasteiger partial charge in [0.05, 0.1) is 13.0 Å². The number of amides is 1. The first-order valence-electron chi connectivity index (χ1n) is 10.5. The summed E-state index contributed by atoms with van der Waals surface area (Å²) in [6.45, 7) is 8.41. The molecule has 0 N–H and O–H groups in total. The van der Waals surface area contributed by atoms with Gasteiger partial charge in [-0.25, -0.2) is 0 Å². The van der Waals surface area contributed by atoms with E-state index in [1.165, 1.54) is 6.08 Å². The van der Waals surface area contributed by atoms with Crippen molar-refractivity contribution in [3.05, 3.63) is 42.5 Å². The number of ether oxygens (including phenoxy) is 3. The number of likely N-dealkylation sites (tertiary alicyclic amines) is 1. The summed E-state index contributed by atoms with van der Waals surface area (Å²) in [5.41, 5.74) is 0.828. The molecule has 0 aliphatic carbocycles. The van der Waals surface area contributed by atoms with Gasteiger partial charge in [0.2, 0.25) is 5.91 Å². The third kappa shape index (κ3) is 5.38. The number of carbonyl (C=O) groups is 2. The van der Waals surface area contributed by atoms with Gasteiger partial charge in [0.1, 0.15) is 11.9 Å². The molecule has 0 unspecified atom stereocenters. The van der Waals surface area contributed by atoms with Gasteiger partial charge < -0.3 is 19.1 Å². The second-order valence-electron chi connectivity index (χ2n) is 7.75. The minimum Gasteiger partial charge on any atom is -0.490 e. The zero-order valence-corrected chi connectivity index (χ0v) is 17.2. The predicted molar refractivity (Wildman–Crippen MR) is 110 cm³/mol. The van der Waals surface area contributed by atoms with Crippen molar-refractivity contribution in [2.24, 2.45) is 0 Å². The van der Waals surface area contributed by atoms with E-state index in [1.54, 1.807) is 4.90 Å². The average Bonchev–Trinajstić information content (AvgIpc) is 2.75. The first kappa shape index (κ1) is 21.4. The molecule has 0 bridgehead atoms. The summed E-state index contributed by atoms with van der Waals surface area (Å²) in [6.07, 6.45) is 4.97. The molecule has 158 valence electrons. The highest BCUT2D eigenvalue weighted by molar-refractivity contribution is 5.87. The third-order valence-electron chi connectivity index (χ3n) is 5.92. The van der Waals surface area contributed by atoms with Crippen molar-refractivity contribution in [1.29, 1.82) is 0 Å². The number of hydrogen-bond donors (Lipinski definition) is 0. The maximum Gasteiger partial charge on any atom is 0.306 e. The van der Waals surface area contributed by atoms with Gasteiger partial charge in [-0.1, -0.05) is 18.7 Å². The molecule has 0 radical (unpaired) electrons. The normalized spacial score (nSPS) is 19.4. The number of carbonyl (C=O) groups excluding carboxylic acids is 2. The van der Waals surface area contributed by atoms with Crippen LogP contribution in [0.5, 0.6) is 5.75 Å². The van der Waals surface area contributed by atoms with E-state index in [2.05, 4.69) is 18.7 Å². The minimum atomic E-state index is -0.274. The number of rotatable bonds is 7. The van der Waals surface area contributed by atoms with Crippen LogP contribution in [0.3, 0.4) is 0 Å². The molecule has 6 nitrogen and oxygen atoms in total. The fraction of sp³-hybridized carbons (Fsp3) is 0.565. The topological polar surface area (TPSA) is 65.1 Å². The van der Waals surface area contributed by atoms with Gasteiger partial charge in [-0.15, -0.1) is 0 Å². The zero-order valence-electron chi connectivity index (χ0n) is 17.2. The summed E-state index contributed by atoms with van der Waals surface area (Å²) in [4.78, 5) is 25.8. The minimum absolute atomic E-state index is 0.0223. The van der Waals surface area contributed by atoms with Crippen molar-refractivity contribution in [2.75, 3.05) is 32.9 Å². The highest BCUT2D eigenvalue weighted by Crippen LogP contribution is 2.39. The Morgan fingerprint density at radius 3 is 2.66 bits per heavy atom. The lowest BCUT2D eigenvalue weighted by Gasteiger charge is -2.37. The molecular formula is C23H31NO5. The highest BCUT2D eigenvalue weighted by Gasteiger charge is 2.37. The lowest BCUT2D eigenvalue weighted by atomic mass is 9.71. The van der Waals surface area contributed by atoms with Crippen molar-refractivity contribution in [3.8, 4) is 5.75 Å². The van der Waals surface area contributed by atoms with Gasteiger partial charge in [-0.05, 0) is 43.5 Å². The Morgan fingerprint density at radius 1 is 1.28 bits per heavy atom. The second kappa shape index (κ2) is 9.92. The molecule has 1 amide bonds. The zero-order chi connectivity index (χ0) is 20.7. The molecule has 3 rings (SSSR count). The van der Waals surface area contributed by atoms with Gasteiger partial charge >= 0.3 is 5.97 Å². The molecule has 2 heterocycles. The van der Waals surface area contributed by atoms with Crippen LogP contribution in [-0.2, 0) is 24.5 Å². The number of piperidine rings is 1. The summed E-state index contributed by atoms with van der Waals surface area (Å²) in [5, 5.41) is 0. The van der Waals surface area contributed by atoms with Crippen LogP contribution in [0.2, 0.25) is 0 Å². The molecule has 6 heteroatoms. The van der Waals surface area contributed by atoms with E-state index < -0.39 is 0 Å². The Balaban J connectivity index is 1.69. The van der Waals surface area contributed by atoms with Crippen molar-refractivity contribution in [1.82, 2.24) is 4.90 Å². The van der Waals surface area contributed by atoms with Crippen molar-refractivity contribution < 1.29 is 23.8 Å². The Labute approximate surface area is 172 Å². The van der Waals surface area contributed by atoms with Crippen LogP contribution in [0.15, 0.2) is 36.9 Å². The van der Waals surface area contributed by atoms with Crippen LogP contribution in [-0.4, -0.2) is 55.8 Å². The van der Waals surface area contributed by atoms with Crippen LogP contribution >= 0.6 is 0 Å². The van der Waals surface area contributed by atoms with Crippen LogP contribution in [0.25, 0.3) is 0 Å². The summed E-state index contributed by atoms with van der Waals surface area (Å²) < 4.78 is 17.0. The van der Waals surface area contributed by atoms with Crippen LogP contribution in [0.4, 0.5) is 0 Å². The maximum atomic E-state index is 12.3. The number of nitrogens with zero attached hydrogens (tertiary/aromatic N) is 1. The monoisotopic (exact) mass is 401 g/mol. The molecule has 2 saturated heterocycles. The molecule has 2 aliphatic heterocycles. The maximum absolute atomic E-state index is 12.3. The van der Waals surface area contributed by atoms with Crippen molar-refractivity contribution >= 4 is 11.9 Å². The Bertz CT molecular complexity index is 718. The third-order valence-corrected chi connectivity index (χ3v) is 5.92.